The second-order valence-corrected chi connectivity index (χ2v) is 7.33. The van der Waals surface area contributed by atoms with Gasteiger partial charge in [0.05, 0.1) is 6.04 Å². The lowest BCUT2D eigenvalue weighted by Gasteiger charge is -2.29. The molecule has 0 saturated carbocycles. The van der Waals surface area contributed by atoms with Gasteiger partial charge in [-0.2, -0.15) is 0 Å². The van der Waals surface area contributed by atoms with Crippen molar-refractivity contribution in [1.82, 2.24) is 10.2 Å². The minimum Gasteiger partial charge on any atom is -0.302 e. The highest BCUT2D eigenvalue weighted by molar-refractivity contribution is 5.32. The molecule has 0 amide bonds. The van der Waals surface area contributed by atoms with Crippen LogP contribution in [0.25, 0.3) is 0 Å². The summed E-state index contributed by atoms with van der Waals surface area (Å²) < 4.78 is 26.8. The molecule has 2 aliphatic heterocycles. The second-order valence-electron chi connectivity index (χ2n) is 7.33. The van der Waals surface area contributed by atoms with E-state index in [0.717, 1.165) is 24.1 Å². The summed E-state index contributed by atoms with van der Waals surface area (Å²) in [5.74, 6) is -0.493. The first-order valence-corrected chi connectivity index (χ1v) is 9.29. The zero-order chi connectivity index (χ0) is 18.1. The molecule has 26 heavy (non-hydrogen) atoms. The van der Waals surface area contributed by atoms with Gasteiger partial charge in [0.2, 0.25) is 0 Å². The molecule has 4 rings (SSSR count). The minimum absolute atomic E-state index is 0.0777. The fourth-order valence-electron chi connectivity index (χ4n) is 4.62. The van der Waals surface area contributed by atoms with Crippen LogP contribution in [0, 0.1) is 11.6 Å². The van der Waals surface area contributed by atoms with Crippen molar-refractivity contribution >= 4 is 0 Å². The van der Waals surface area contributed by atoms with Crippen molar-refractivity contribution in [3.8, 4) is 0 Å². The number of nitrogens with zero attached hydrogens (tertiary/aromatic N) is 1. The fraction of sp³-hybridized carbons (Fsp3) is 0.364. The van der Waals surface area contributed by atoms with E-state index < -0.39 is 0 Å². The molecule has 0 aromatic heterocycles. The van der Waals surface area contributed by atoms with Crippen molar-refractivity contribution < 1.29 is 8.78 Å². The molecule has 2 saturated heterocycles. The molecule has 1 N–H and O–H groups in total. The normalized spacial score (nSPS) is 25.1. The van der Waals surface area contributed by atoms with Crippen LogP contribution >= 0.6 is 0 Å². The van der Waals surface area contributed by atoms with E-state index in [2.05, 4.69) is 16.8 Å². The smallest absolute Gasteiger partial charge is 0.123 e. The Labute approximate surface area is 153 Å². The van der Waals surface area contributed by atoms with Crippen molar-refractivity contribution in [2.24, 2.45) is 0 Å². The van der Waals surface area contributed by atoms with Crippen LogP contribution in [0.2, 0.25) is 0 Å². The van der Waals surface area contributed by atoms with Gasteiger partial charge in [-0.3, -0.25) is 4.90 Å². The van der Waals surface area contributed by atoms with Gasteiger partial charge in [0.1, 0.15) is 11.6 Å². The molecule has 2 nitrogen and oxygen atoms in total. The molecule has 4 heteroatoms. The summed E-state index contributed by atoms with van der Waals surface area (Å²) in [6.07, 6.45) is 5.52. The Balaban J connectivity index is 1.60. The zero-order valence-corrected chi connectivity index (χ0v) is 14.7. The number of benzene rings is 2. The third-order valence-electron chi connectivity index (χ3n) is 5.81. The van der Waals surface area contributed by atoms with Gasteiger partial charge in [0, 0.05) is 24.7 Å². The molecule has 2 fully saturated rings. The molecule has 0 aliphatic carbocycles. The van der Waals surface area contributed by atoms with E-state index in [1.165, 1.54) is 37.1 Å². The lowest BCUT2D eigenvalue weighted by atomic mass is 9.92. The van der Waals surface area contributed by atoms with Gasteiger partial charge in [0.25, 0.3) is 0 Å². The summed E-state index contributed by atoms with van der Waals surface area (Å²) in [5, 5.41) is 3.79. The monoisotopic (exact) mass is 354 g/mol. The van der Waals surface area contributed by atoms with Crippen LogP contribution in [0.1, 0.15) is 36.4 Å². The average Bonchev–Trinajstić information content (AvgIpc) is 3.18. The standard InChI is InChI=1S/C22H24F2N2/c1-2-13-26-19-11-12-21(26)20(14-19)25-22(15-3-7-17(23)8-4-15)16-5-9-18(24)10-6-16/h2-10,19-22,25H,1,11-14H2/t19?,20-,21?/m0/s1. The maximum atomic E-state index is 13.4. The van der Waals surface area contributed by atoms with Crippen LogP contribution < -0.4 is 5.32 Å². The Morgan fingerprint density at radius 1 is 1.00 bits per heavy atom. The van der Waals surface area contributed by atoms with Crippen LogP contribution in [0.15, 0.2) is 61.2 Å². The summed E-state index contributed by atoms with van der Waals surface area (Å²) in [6.45, 7) is 4.81. The molecular formula is C22H24F2N2. The first-order valence-electron chi connectivity index (χ1n) is 9.29. The molecule has 2 aromatic carbocycles. The molecule has 2 bridgehead atoms. The Hall–Kier alpha value is -2.04. The van der Waals surface area contributed by atoms with Gasteiger partial charge in [-0.05, 0) is 54.7 Å². The SMILES string of the molecule is C=CCN1C2CCC1[C@@H](NC(c1ccc(F)cc1)c1ccc(F)cc1)C2. The van der Waals surface area contributed by atoms with Crippen LogP contribution in [-0.2, 0) is 0 Å². The number of fused-ring (bicyclic) bond motifs is 2. The Morgan fingerprint density at radius 3 is 2.12 bits per heavy atom. The Bertz CT molecular complexity index is 711. The van der Waals surface area contributed by atoms with E-state index in [4.69, 9.17) is 0 Å². The summed E-state index contributed by atoms with van der Waals surface area (Å²) in [4.78, 5) is 2.54. The molecule has 2 aromatic rings. The van der Waals surface area contributed by atoms with Crippen molar-refractivity contribution in [3.05, 3.63) is 83.9 Å². The highest BCUT2D eigenvalue weighted by atomic mass is 19.1. The lowest BCUT2D eigenvalue weighted by molar-refractivity contribution is 0.265. The molecule has 2 unspecified atom stereocenters. The maximum Gasteiger partial charge on any atom is 0.123 e. The third kappa shape index (κ3) is 3.31. The molecule has 0 spiro atoms. The third-order valence-corrected chi connectivity index (χ3v) is 5.81. The van der Waals surface area contributed by atoms with E-state index in [1.54, 1.807) is 0 Å². The first kappa shape index (κ1) is 17.4. The predicted molar refractivity (Wildman–Crippen MR) is 99.9 cm³/mol. The van der Waals surface area contributed by atoms with E-state index in [-0.39, 0.29) is 17.7 Å². The van der Waals surface area contributed by atoms with Gasteiger partial charge in [-0.15, -0.1) is 6.58 Å². The Kier molecular flexibility index (Phi) is 4.88. The van der Waals surface area contributed by atoms with Gasteiger partial charge in [-0.1, -0.05) is 30.3 Å². The van der Waals surface area contributed by atoms with Crippen molar-refractivity contribution in [1.29, 1.82) is 0 Å². The van der Waals surface area contributed by atoms with Crippen molar-refractivity contribution in [2.75, 3.05) is 6.54 Å². The minimum atomic E-state index is -0.247. The fourth-order valence-corrected chi connectivity index (χ4v) is 4.62. The molecule has 2 aliphatic rings. The van der Waals surface area contributed by atoms with Crippen LogP contribution in [-0.4, -0.2) is 29.6 Å². The maximum absolute atomic E-state index is 13.4. The first-order chi connectivity index (χ1) is 12.7. The van der Waals surface area contributed by atoms with Gasteiger partial charge >= 0.3 is 0 Å². The van der Waals surface area contributed by atoms with Gasteiger partial charge in [0.15, 0.2) is 0 Å². The highest BCUT2D eigenvalue weighted by Gasteiger charge is 2.46. The van der Waals surface area contributed by atoms with Crippen LogP contribution in [0.5, 0.6) is 0 Å². The van der Waals surface area contributed by atoms with Gasteiger partial charge < -0.3 is 5.32 Å². The second kappa shape index (κ2) is 7.29. The zero-order valence-electron chi connectivity index (χ0n) is 14.7. The average molecular weight is 354 g/mol. The summed E-state index contributed by atoms with van der Waals surface area (Å²) >= 11 is 0. The predicted octanol–water partition coefficient (Wildman–Crippen LogP) is 4.44. The lowest BCUT2D eigenvalue weighted by Crippen LogP contribution is -2.43. The topological polar surface area (TPSA) is 15.3 Å². The molecule has 3 atom stereocenters. The highest BCUT2D eigenvalue weighted by Crippen LogP contribution is 2.39. The number of halogens is 2. The molecule has 2 heterocycles. The summed E-state index contributed by atoms with van der Waals surface area (Å²) in [6, 6.07) is 14.6. The van der Waals surface area contributed by atoms with Crippen LogP contribution in [0.3, 0.4) is 0 Å². The number of nitrogens with one attached hydrogen (secondary N) is 1. The summed E-state index contributed by atoms with van der Waals surface area (Å²) in [7, 11) is 0. The van der Waals surface area contributed by atoms with Crippen LogP contribution in [0.4, 0.5) is 8.78 Å². The van der Waals surface area contributed by atoms with Crippen molar-refractivity contribution in [2.45, 2.75) is 43.4 Å². The quantitative estimate of drug-likeness (QED) is 0.772. The van der Waals surface area contributed by atoms with E-state index in [9.17, 15) is 8.78 Å². The van der Waals surface area contributed by atoms with E-state index in [0.29, 0.717) is 18.1 Å². The van der Waals surface area contributed by atoms with Gasteiger partial charge in [-0.25, -0.2) is 8.78 Å². The molecule has 136 valence electrons. The number of hydrogen-bond donors (Lipinski definition) is 1. The Morgan fingerprint density at radius 2 is 1.58 bits per heavy atom. The number of hydrogen-bond acceptors (Lipinski definition) is 2. The largest absolute Gasteiger partial charge is 0.302 e. The van der Waals surface area contributed by atoms with E-state index >= 15 is 0 Å². The number of rotatable bonds is 6. The molecular weight excluding hydrogens is 330 g/mol. The molecule has 0 radical (unpaired) electrons. The van der Waals surface area contributed by atoms with Crippen molar-refractivity contribution in [3.63, 3.8) is 0 Å². The summed E-state index contributed by atoms with van der Waals surface area (Å²) in [5.41, 5.74) is 1.99. The van der Waals surface area contributed by atoms with E-state index in [1.807, 2.05) is 30.3 Å².